The van der Waals surface area contributed by atoms with E-state index in [2.05, 4.69) is 13.8 Å². The van der Waals surface area contributed by atoms with E-state index in [4.69, 9.17) is 4.74 Å². The van der Waals surface area contributed by atoms with Gasteiger partial charge >= 0.3 is 5.97 Å². The van der Waals surface area contributed by atoms with E-state index >= 15 is 0 Å². The van der Waals surface area contributed by atoms with E-state index in [1.165, 1.54) is 39.0 Å². The molecule has 1 atom stereocenters. The van der Waals surface area contributed by atoms with E-state index in [-0.39, 0.29) is 12.1 Å². The van der Waals surface area contributed by atoms with Crippen LogP contribution in [0.1, 0.15) is 65.7 Å². The number of ether oxygens (including phenoxy) is 1. The number of rotatable bonds is 8. The Kier molecular flexibility index (Phi) is 8.70. The van der Waals surface area contributed by atoms with E-state index in [1.54, 1.807) is 0 Å². The predicted octanol–water partition coefficient (Wildman–Crippen LogP) is 3.69. The van der Waals surface area contributed by atoms with Gasteiger partial charge in [-0.1, -0.05) is 39.5 Å². The first-order valence-corrected chi connectivity index (χ1v) is 5.87. The first-order valence-electron chi connectivity index (χ1n) is 5.87. The molecular formula is C12H24O2. The molecule has 0 aromatic heterocycles. The molecule has 0 aliphatic heterocycles. The van der Waals surface area contributed by atoms with Crippen molar-refractivity contribution in [1.29, 1.82) is 0 Å². The van der Waals surface area contributed by atoms with Crippen LogP contribution < -0.4 is 0 Å². The maximum absolute atomic E-state index is 10.7. The van der Waals surface area contributed by atoms with Gasteiger partial charge in [0.25, 0.3) is 0 Å². The smallest absolute Gasteiger partial charge is 0.302 e. The van der Waals surface area contributed by atoms with Crippen LogP contribution in [0, 0.1) is 0 Å². The maximum atomic E-state index is 10.7. The molecule has 0 unspecified atom stereocenters. The third kappa shape index (κ3) is 8.09. The summed E-state index contributed by atoms with van der Waals surface area (Å²) in [5, 5.41) is 0. The van der Waals surface area contributed by atoms with Crippen LogP contribution in [0.15, 0.2) is 0 Å². The zero-order valence-corrected chi connectivity index (χ0v) is 9.84. The molecule has 0 amide bonds. The molecule has 2 nitrogen and oxygen atoms in total. The van der Waals surface area contributed by atoms with Crippen molar-refractivity contribution in [2.24, 2.45) is 0 Å². The van der Waals surface area contributed by atoms with Gasteiger partial charge in [0.1, 0.15) is 6.10 Å². The van der Waals surface area contributed by atoms with E-state index in [0.29, 0.717) is 0 Å². The lowest BCUT2D eigenvalue weighted by Crippen LogP contribution is -2.14. The molecule has 0 radical (unpaired) electrons. The molecule has 0 fully saturated rings. The van der Waals surface area contributed by atoms with Gasteiger partial charge in [0.05, 0.1) is 0 Å². The highest BCUT2D eigenvalue weighted by atomic mass is 16.5. The van der Waals surface area contributed by atoms with Gasteiger partial charge in [-0.15, -0.1) is 0 Å². The number of unbranched alkanes of at least 4 members (excludes halogenated alkanes) is 4. The standard InChI is InChI=1S/C12H24O2/c1-4-6-7-8-9-10-12(5-2)14-11(3)13/h12H,4-10H2,1-3H3/t12-/m0/s1. The third-order valence-corrected chi connectivity index (χ3v) is 2.42. The topological polar surface area (TPSA) is 26.3 Å². The van der Waals surface area contributed by atoms with Gasteiger partial charge in [0.15, 0.2) is 0 Å². The molecule has 0 N–H and O–H groups in total. The summed E-state index contributed by atoms with van der Waals surface area (Å²) < 4.78 is 5.17. The molecule has 2 heteroatoms. The highest BCUT2D eigenvalue weighted by molar-refractivity contribution is 5.66. The molecular weight excluding hydrogens is 176 g/mol. The minimum absolute atomic E-state index is 0.147. The molecule has 0 heterocycles. The van der Waals surface area contributed by atoms with Crippen LogP contribution in [-0.4, -0.2) is 12.1 Å². The molecule has 0 aromatic rings. The third-order valence-electron chi connectivity index (χ3n) is 2.42. The normalized spacial score (nSPS) is 12.5. The quantitative estimate of drug-likeness (QED) is 0.441. The Morgan fingerprint density at radius 1 is 1.14 bits per heavy atom. The lowest BCUT2D eigenvalue weighted by Gasteiger charge is -2.14. The summed E-state index contributed by atoms with van der Waals surface area (Å²) in [7, 11) is 0. The van der Waals surface area contributed by atoms with Crippen LogP contribution in [0.3, 0.4) is 0 Å². The van der Waals surface area contributed by atoms with Crippen molar-refractivity contribution in [3.05, 3.63) is 0 Å². The molecule has 0 aliphatic rings. The Morgan fingerprint density at radius 3 is 2.29 bits per heavy atom. The summed E-state index contributed by atoms with van der Waals surface area (Å²) in [6, 6.07) is 0. The SMILES string of the molecule is CCCCCCC[C@H](CC)OC(C)=O. The average molecular weight is 200 g/mol. The molecule has 0 aromatic carbocycles. The largest absolute Gasteiger partial charge is 0.463 e. The molecule has 0 rings (SSSR count). The molecule has 0 bridgehead atoms. The van der Waals surface area contributed by atoms with Crippen LogP contribution in [0.2, 0.25) is 0 Å². The Hall–Kier alpha value is -0.530. The molecule has 0 aliphatic carbocycles. The second-order valence-corrected chi connectivity index (χ2v) is 3.84. The highest BCUT2D eigenvalue weighted by Crippen LogP contribution is 2.11. The Labute approximate surface area is 88.0 Å². The monoisotopic (exact) mass is 200 g/mol. The van der Waals surface area contributed by atoms with Crippen molar-refractivity contribution in [3.8, 4) is 0 Å². The van der Waals surface area contributed by atoms with Gasteiger partial charge < -0.3 is 4.74 Å². The van der Waals surface area contributed by atoms with Crippen molar-refractivity contribution in [3.63, 3.8) is 0 Å². The van der Waals surface area contributed by atoms with Crippen LogP contribution >= 0.6 is 0 Å². The number of hydrogen-bond donors (Lipinski definition) is 0. The molecule has 14 heavy (non-hydrogen) atoms. The van der Waals surface area contributed by atoms with Crippen molar-refractivity contribution < 1.29 is 9.53 Å². The summed E-state index contributed by atoms with van der Waals surface area (Å²) >= 11 is 0. The lowest BCUT2D eigenvalue weighted by atomic mass is 10.1. The van der Waals surface area contributed by atoms with Gasteiger partial charge in [0, 0.05) is 6.92 Å². The highest BCUT2D eigenvalue weighted by Gasteiger charge is 2.08. The fourth-order valence-electron chi connectivity index (χ4n) is 1.56. The zero-order chi connectivity index (χ0) is 10.8. The molecule has 84 valence electrons. The van der Waals surface area contributed by atoms with E-state index in [9.17, 15) is 4.79 Å². The summed E-state index contributed by atoms with van der Waals surface area (Å²) in [5.41, 5.74) is 0. The second kappa shape index (κ2) is 9.04. The summed E-state index contributed by atoms with van der Waals surface area (Å²) in [5.74, 6) is -0.148. The second-order valence-electron chi connectivity index (χ2n) is 3.84. The first-order chi connectivity index (χ1) is 6.70. The molecule has 0 saturated carbocycles. The Balaban J connectivity index is 3.38. The Morgan fingerprint density at radius 2 is 1.79 bits per heavy atom. The van der Waals surface area contributed by atoms with Gasteiger partial charge in [0.2, 0.25) is 0 Å². The minimum atomic E-state index is -0.148. The lowest BCUT2D eigenvalue weighted by molar-refractivity contribution is -0.146. The van der Waals surface area contributed by atoms with Gasteiger partial charge in [-0.25, -0.2) is 0 Å². The van der Waals surface area contributed by atoms with Crippen LogP contribution in [0.25, 0.3) is 0 Å². The van der Waals surface area contributed by atoms with Crippen LogP contribution in [-0.2, 0) is 9.53 Å². The van der Waals surface area contributed by atoms with E-state index in [0.717, 1.165) is 12.8 Å². The Bertz CT molecular complexity index is 143. The fraction of sp³-hybridized carbons (Fsp3) is 0.917. The van der Waals surface area contributed by atoms with E-state index in [1.807, 2.05) is 0 Å². The number of hydrogen-bond acceptors (Lipinski definition) is 2. The zero-order valence-electron chi connectivity index (χ0n) is 9.84. The number of carbonyl (C=O) groups is 1. The van der Waals surface area contributed by atoms with Crippen molar-refractivity contribution in [1.82, 2.24) is 0 Å². The summed E-state index contributed by atoms with van der Waals surface area (Å²) in [4.78, 5) is 10.7. The van der Waals surface area contributed by atoms with Gasteiger partial charge in [-0.2, -0.15) is 0 Å². The van der Waals surface area contributed by atoms with E-state index < -0.39 is 0 Å². The summed E-state index contributed by atoms with van der Waals surface area (Å²) in [6.07, 6.45) is 8.48. The van der Waals surface area contributed by atoms with Crippen LogP contribution in [0.5, 0.6) is 0 Å². The minimum Gasteiger partial charge on any atom is -0.463 e. The maximum Gasteiger partial charge on any atom is 0.302 e. The van der Waals surface area contributed by atoms with Gasteiger partial charge in [-0.05, 0) is 19.3 Å². The summed E-state index contributed by atoms with van der Waals surface area (Å²) in [6.45, 7) is 5.77. The predicted molar refractivity (Wildman–Crippen MR) is 59.2 cm³/mol. The number of carbonyl (C=O) groups excluding carboxylic acids is 1. The van der Waals surface area contributed by atoms with Crippen molar-refractivity contribution in [2.75, 3.05) is 0 Å². The van der Waals surface area contributed by atoms with Crippen molar-refractivity contribution in [2.45, 2.75) is 71.8 Å². The average Bonchev–Trinajstić information content (AvgIpc) is 2.15. The molecule has 0 saturated heterocycles. The fourth-order valence-corrected chi connectivity index (χ4v) is 1.56. The van der Waals surface area contributed by atoms with Crippen LogP contribution in [0.4, 0.5) is 0 Å². The first kappa shape index (κ1) is 13.5. The van der Waals surface area contributed by atoms with Gasteiger partial charge in [-0.3, -0.25) is 4.79 Å². The number of esters is 1. The van der Waals surface area contributed by atoms with Crippen molar-refractivity contribution >= 4 is 5.97 Å². The molecule has 0 spiro atoms.